The predicted octanol–water partition coefficient (Wildman–Crippen LogP) is 5.15. The van der Waals surface area contributed by atoms with Crippen molar-refractivity contribution in [1.29, 1.82) is 0 Å². The van der Waals surface area contributed by atoms with E-state index in [0.717, 1.165) is 29.0 Å². The minimum Gasteiger partial charge on any atom is -0.508 e. The molecule has 0 amide bonds. The van der Waals surface area contributed by atoms with Crippen LogP contribution in [0.4, 0.5) is 0 Å². The number of hydrogen-bond acceptors (Lipinski definition) is 1. The van der Waals surface area contributed by atoms with Gasteiger partial charge in [0.2, 0.25) is 0 Å². The third kappa shape index (κ3) is 3.51. The maximum absolute atomic E-state index is 9.30. The summed E-state index contributed by atoms with van der Waals surface area (Å²) in [4.78, 5) is 0. The van der Waals surface area contributed by atoms with Gasteiger partial charge < -0.3 is 5.11 Å². The summed E-state index contributed by atoms with van der Waals surface area (Å²) in [5, 5.41) is 10.1. The van der Waals surface area contributed by atoms with Crippen molar-refractivity contribution >= 4 is 11.6 Å². The first-order valence-corrected chi connectivity index (χ1v) is 7.04. The maximum Gasteiger partial charge on any atom is 0.115 e. The summed E-state index contributed by atoms with van der Waals surface area (Å²) in [6.45, 7) is 4.42. The first-order valence-electron chi connectivity index (χ1n) is 6.66. The zero-order valence-corrected chi connectivity index (χ0v) is 12.1. The molecule has 0 heterocycles. The van der Waals surface area contributed by atoms with E-state index in [-0.39, 0.29) is 0 Å². The van der Waals surface area contributed by atoms with Crippen LogP contribution in [0.25, 0.3) is 0 Å². The zero-order valence-electron chi connectivity index (χ0n) is 11.4. The lowest BCUT2D eigenvalue weighted by molar-refractivity contribution is 0.475. The summed E-state index contributed by atoms with van der Waals surface area (Å²) >= 11 is 6.28. The molecular formula is C17H19ClO. The van der Waals surface area contributed by atoms with Gasteiger partial charge in [-0.3, -0.25) is 0 Å². The molecule has 1 N–H and O–H groups in total. The number of phenolic OH excluding ortho intramolecular Hbond substituents is 1. The van der Waals surface area contributed by atoms with Crippen LogP contribution < -0.4 is 0 Å². The van der Waals surface area contributed by atoms with Gasteiger partial charge in [-0.25, -0.2) is 0 Å². The molecule has 0 aliphatic rings. The van der Waals surface area contributed by atoms with Crippen molar-refractivity contribution in [3.63, 3.8) is 0 Å². The quantitative estimate of drug-likeness (QED) is 0.817. The second-order valence-corrected chi connectivity index (χ2v) is 5.41. The number of benzene rings is 2. The number of aromatic hydroxyl groups is 1. The largest absolute Gasteiger partial charge is 0.508 e. The molecule has 0 aliphatic carbocycles. The third-order valence-electron chi connectivity index (χ3n) is 3.58. The average molecular weight is 275 g/mol. The Hall–Kier alpha value is -1.47. The lowest BCUT2D eigenvalue weighted by atomic mass is 9.95. The van der Waals surface area contributed by atoms with E-state index in [0.29, 0.717) is 11.7 Å². The third-order valence-corrected chi connectivity index (χ3v) is 3.95. The minimum atomic E-state index is 0.295. The van der Waals surface area contributed by atoms with Crippen molar-refractivity contribution in [2.24, 2.45) is 0 Å². The first kappa shape index (κ1) is 14.0. The molecule has 1 nitrogen and oxygen atoms in total. The van der Waals surface area contributed by atoms with Crippen molar-refractivity contribution in [3.05, 3.63) is 64.2 Å². The number of halogens is 1. The predicted molar refractivity (Wildman–Crippen MR) is 81.1 cm³/mol. The molecule has 0 bridgehead atoms. The first-order chi connectivity index (χ1) is 9.10. The van der Waals surface area contributed by atoms with Crippen molar-refractivity contribution in [2.75, 3.05) is 0 Å². The van der Waals surface area contributed by atoms with Crippen LogP contribution in [0.2, 0.25) is 5.02 Å². The summed E-state index contributed by atoms with van der Waals surface area (Å²) in [7, 11) is 0. The van der Waals surface area contributed by atoms with Crippen LogP contribution in [-0.4, -0.2) is 5.11 Å². The fourth-order valence-electron chi connectivity index (χ4n) is 2.11. The van der Waals surface area contributed by atoms with Crippen molar-refractivity contribution in [1.82, 2.24) is 0 Å². The Morgan fingerprint density at radius 1 is 1.11 bits per heavy atom. The van der Waals surface area contributed by atoms with Crippen LogP contribution in [0, 0.1) is 0 Å². The average Bonchev–Trinajstić information content (AvgIpc) is 2.43. The highest BCUT2D eigenvalue weighted by Gasteiger charge is 2.07. The number of rotatable bonds is 4. The number of hydrogen-bond donors (Lipinski definition) is 1. The number of phenols is 1. The van der Waals surface area contributed by atoms with Gasteiger partial charge in [-0.2, -0.15) is 0 Å². The van der Waals surface area contributed by atoms with E-state index in [2.05, 4.69) is 26.0 Å². The van der Waals surface area contributed by atoms with E-state index in [1.165, 1.54) is 5.56 Å². The van der Waals surface area contributed by atoms with Crippen molar-refractivity contribution in [2.45, 2.75) is 32.6 Å². The second-order valence-electron chi connectivity index (χ2n) is 5.00. The molecule has 0 radical (unpaired) electrons. The van der Waals surface area contributed by atoms with Crippen LogP contribution in [0.15, 0.2) is 42.5 Å². The van der Waals surface area contributed by atoms with Crippen LogP contribution in [0.1, 0.15) is 42.9 Å². The molecule has 0 spiro atoms. The Kier molecular flexibility index (Phi) is 4.49. The van der Waals surface area contributed by atoms with Crippen LogP contribution in [-0.2, 0) is 6.42 Å². The van der Waals surface area contributed by atoms with Gasteiger partial charge in [0.05, 0.1) is 0 Å². The molecule has 0 saturated heterocycles. The fraction of sp³-hybridized carbons (Fsp3) is 0.294. The molecule has 19 heavy (non-hydrogen) atoms. The lowest BCUT2D eigenvalue weighted by Gasteiger charge is -2.12. The van der Waals surface area contributed by atoms with E-state index < -0.39 is 0 Å². The van der Waals surface area contributed by atoms with E-state index in [1.54, 1.807) is 12.1 Å². The monoisotopic (exact) mass is 274 g/mol. The summed E-state index contributed by atoms with van der Waals surface area (Å²) in [6.07, 6.45) is 1.92. The van der Waals surface area contributed by atoms with E-state index >= 15 is 0 Å². The van der Waals surface area contributed by atoms with E-state index in [4.69, 9.17) is 11.6 Å². The Morgan fingerprint density at radius 3 is 2.42 bits per heavy atom. The van der Waals surface area contributed by atoms with E-state index in [9.17, 15) is 5.11 Å². The Labute approximate surface area is 119 Å². The van der Waals surface area contributed by atoms with E-state index in [1.807, 2.05) is 18.2 Å². The van der Waals surface area contributed by atoms with Crippen molar-refractivity contribution in [3.8, 4) is 5.75 Å². The molecular weight excluding hydrogens is 256 g/mol. The summed E-state index contributed by atoms with van der Waals surface area (Å²) in [5.41, 5.74) is 3.63. The highest BCUT2D eigenvalue weighted by atomic mass is 35.5. The molecule has 0 aliphatic heterocycles. The Balaban J connectivity index is 2.26. The van der Waals surface area contributed by atoms with Gasteiger partial charge in [-0.05, 0) is 53.6 Å². The maximum atomic E-state index is 9.30. The van der Waals surface area contributed by atoms with Crippen LogP contribution >= 0.6 is 11.6 Å². The van der Waals surface area contributed by atoms with Gasteiger partial charge in [0.15, 0.2) is 0 Å². The molecule has 2 aromatic carbocycles. The molecule has 100 valence electrons. The molecule has 0 fully saturated rings. The summed E-state index contributed by atoms with van der Waals surface area (Å²) in [6, 6.07) is 13.6. The van der Waals surface area contributed by atoms with Gasteiger partial charge >= 0.3 is 0 Å². The normalized spacial score (nSPS) is 12.4. The standard InChI is InChI=1S/C17H19ClO/c1-3-12(2)14-6-9-17(18)15(11-14)10-13-4-7-16(19)8-5-13/h4-9,11-12,19H,3,10H2,1-2H3. The van der Waals surface area contributed by atoms with Gasteiger partial charge in [0, 0.05) is 5.02 Å². The topological polar surface area (TPSA) is 20.2 Å². The second kappa shape index (κ2) is 6.12. The SMILES string of the molecule is CCC(C)c1ccc(Cl)c(Cc2ccc(O)cc2)c1. The molecule has 1 unspecified atom stereocenters. The lowest BCUT2D eigenvalue weighted by Crippen LogP contribution is -1.95. The van der Waals surface area contributed by atoms with Crippen LogP contribution in [0.5, 0.6) is 5.75 Å². The van der Waals surface area contributed by atoms with Crippen molar-refractivity contribution < 1.29 is 5.11 Å². The molecule has 2 rings (SSSR count). The summed E-state index contributed by atoms with van der Waals surface area (Å²) < 4.78 is 0. The smallest absolute Gasteiger partial charge is 0.115 e. The Bertz CT molecular complexity index is 546. The fourth-order valence-corrected chi connectivity index (χ4v) is 2.29. The summed E-state index contributed by atoms with van der Waals surface area (Å²) in [5.74, 6) is 0.846. The Morgan fingerprint density at radius 2 is 1.79 bits per heavy atom. The van der Waals surface area contributed by atoms with Gasteiger partial charge in [-0.15, -0.1) is 0 Å². The van der Waals surface area contributed by atoms with Gasteiger partial charge in [0.25, 0.3) is 0 Å². The molecule has 2 aromatic rings. The molecule has 0 saturated carbocycles. The zero-order chi connectivity index (χ0) is 13.8. The minimum absolute atomic E-state index is 0.295. The van der Waals surface area contributed by atoms with Gasteiger partial charge in [0.1, 0.15) is 5.75 Å². The highest BCUT2D eigenvalue weighted by Crippen LogP contribution is 2.26. The highest BCUT2D eigenvalue weighted by molar-refractivity contribution is 6.31. The molecule has 1 atom stereocenters. The molecule has 2 heteroatoms. The molecule has 0 aromatic heterocycles. The van der Waals surface area contributed by atoms with Crippen LogP contribution in [0.3, 0.4) is 0 Å². The van der Waals surface area contributed by atoms with Gasteiger partial charge in [-0.1, -0.05) is 49.7 Å².